The molecule has 1 aliphatic heterocycles. The number of benzene rings is 1. The Kier molecular flexibility index (Phi) is 3.58. The molecule has 1 aromatic carbocycles. The van der Waals surface area contributed by atoms with Gasteiger partial charge in [0.15, 0.2) is 5.58 Å². The van der Waals surface area contributed by atoms with Gasteiger partial charge in [0.2, 0.25) is 0 Å². The molecule has 0 amide bonds. The Morgan fingerprint density at radius 3 is 3.10 bits per heavy atom. The highest BCUT2D eigenvalue weighted by molar-refractivity contribution is 5.74. The summed E-state index contributed by atoms with van der Waals surface area (Å²) in [6.07, 6.45) is 0.0474. The monoisotopic (exact) mass is 280 g/mol. The summed E-state index contributed by atoms with van der Waals surface area (Å²) in [6, 6.07) is 4.84. The second-order valence-electron chi connectivity index (χ2n) is 5.04. The topological polar surface area (TPSA) is 47.7 Å². The first-order chi connectivity index (χ1) is 9.65. The second-order valence-corrected chi connectivity index (χ2v) is 5.04. The molecule has 1 fully saturated rings. The molecule has 2 atom stereocenters. The van der Waals surface area contributed by atoms with Crippen LogP contribution in [0, 0.1) is 5.82 Å². The number of methoxy groups -OCH3 is 1. The average Bonchev–Trinajstić information content (AvgIpc) is 2.81. The smallest absolute Gasteiger partial charge is 0.298 e. The molecular formula is C14H17FN2O3. The van der Waals surface area contributed by atoms with Crippen molar-refractivity contribution in [2.75, 3.05) is 31.7 Å². The second kappa shape index (κ2) is 5.38. The minimum Gasteiger partial charge on any atom is -0.423 e. The molecule has 20 heavy (non-hydrogen) atoms. The van der Waals surface area contributed by atoms with E-state index in [-0.39, 0.29) is 18.0 Å². The van der Waals surface area contributed by atoms with Crippen molar-refractivity contribution in [1.29, 1.82) is 0 Å². The first kappa shape index (κ1) is 13.3. The van der Waals surface area contributed by atoms with Gasteiger partial charge in [0.05, 0.1) is 25.4 Å². The van der Waals surface area contributed by atoms with E-state index in [1.807, 2.05) is 11.8 Å². The molecule has 0 radical (unpaired) electrons. The summed E-state index contributed by atoms with van der Waals surface area (Å²) in [5.74, 6) is -0.315. The Morgan fingerprint density at radius 2 is 2.30 bits per heavy atom. The highest BCUT2D eigenvalue weighted by Gasteiger charge is 2.28. The van der Waals surface area contributed by atoms with Crippen molar-refractivity contribution in [3.63, 3.8) is 0 Å². The van der Waals surface area contributed by atoms with Crippen molar-refractivity contribution < 1.29 is 18.3 Å². The molecule has 0 spiro atoms. The maximum Gasteiger partial charge on any atom is 0.298 e. The minimum atomic E-state index is -0.315. The quantitative estimate of drug-likeness (QED) is 0.862. The number of ether oxygens (including phenoxy) is 2. The van der Waals surface area contributed by atoms with Crippen molar-refractivity contribution in [2.45, 2.75) is 19.1 Å². The molecule has 2 heterocycles. The van der Waals surface area contributed by atoms with Crippen molar-refractivity contribution in [2.24, 2.45) is 0 Å². The summed E-state index contributed by atoms with van der Waals surface area (Å²) in [6.45, 7) is 3.86. The number of halogens is 1. The van der Waals surface area contributed by atoms with Crippen molar-refractivity contribution in [3.05, 3.63) is 24.0 Å². The number of nitrogens with zero attached hydrogens (tertiary/aromatic N) is 2. The number of hydrogen-bond acceptors (Lipinski definition) is 5. The van der Waals surface area contributed by atoms with Crippen LogP contribution in [0.25, 0.3) is 11.1 Å². The lowest BCUT2D eigenvalue weighted by molar-refractivity contribution is -0.0520. The van der Waals surface area contributed by atoms with Crippen LogP contribution < -0.4 is 4.90 Å². The Labute approximate surface area is 116 Å². The van der Waals surface area contributed by atoms with E-state index in [0.717, 1.165) is 0 Å². The number of hydrogen-bond donors (Lipinski definition) is 0. The number of aromatic nitrogens is 1. The molecule has 0 aliphatic carbocycles. The molecule has 1 aliphatic rings. The lowest BCUT2D eigenvalue weighted by Crippen LogP contribution is -2.48. The summed E-state index contributed by atoms with van der Waals surface area (Å²) >= 11 is 0. The van der Waals surface area contributed by atoms with E-state index < -0.39 is 0 Å². The summed E-state index contributed by atoms with van der Waals surface area (Å²) in [5.41, 5.74) is 1.12. The van der Waals surface area contributed by atoms with E-state index in [0.29, 0.717) is 36.8 Å². The molecule has 0 N–H and O–H groups in total. The van der Waals surface area contributed by atoms with E-state index in [4.69, 9.17) is 13.9 Å². The van der Waals surface area contributed by atoms with E-state index >= 15 is 0 Å². The average molecular weight is 280 g/mol. The molecule has 0 saturated carbocycles. The van der Waals surface area contributed by atoms with Gasteiger partial charge in [-0.15, -0.1) is 0 Å². The van der Waals surface area contributed by atoms with Crippen LogP contribution in [0.15, 0.2) is 22.6 Å². The number of oxazole rings is 1. The highest BCUT2D eigenvalue weighted by Crippen LogP contribution is 2.25. The van der Waals surface area contributed by atoms with Gasteiger partial charge in [-0.1, -0.05) is 0 Å². The maximum atomic E-state index is 13.2. The molecule has 0 bridgehead atoms. The lowest BCUT2D eigenvalue weighted by Gasteiger charge is -2.35. The van der Waals surface area contributed by atoms with Crippen molar-refractivity contribution in [1.82, 2.24) is 4.98 Å². The molecule has 3 rings (SSSR count). The number of morpholine rings is 1. The van der Waals surface area contributed by atoms with E-state index in [2.05, 4.69) is 4.98 Å². The molecule has 5 nitrogen and oxygen atoms in total. The SMILES string of the molecule is COCC1CN(c2nc3cc(F)ccc3o2)CC(C)O1. The van der Waals surface area contributed by atoms with Gasteiger partial charge in [-0.3, -0.25) is 0 Å². The Bertz CT molecular complexity index is 601. The van der Waals surface area contributed by atoms with Gasteiger partial charge in [0, 0.05) is 19.7 Å². The highest BCUT2D eigenvalue weighted by atomic mass is 19.1. The van der Waals surface area contributed by atoms with E-state index in [1.54, 1.807) is 13.2 Å². The van der Waals surface area contributed by atoms with Crippen molar-refractivity contribution >= 4 is 17.1 Å². The van der Waals surface area contributed by atoms with Gasteiger partial charge in [-0.05, 0) is 19.1 Å². The Balaban J connectivity index is 1.85. The predicted molar refractivity (Wildman–Crippen MR) is 72.4 cm³/mol. The molecule has 1 saturated heterocycles. The summed E-state index contributed by atoms with van der Waals surface area (Å²) in [5, 5.41) is 0. The van der Waals surface area contributed by atoms with Crippen LogP contribution in [-0.4, -0.2) is 44.0 Å². The molecule has 108 valence electrons. The van der Waals surface area contributed by atoms with Gasteiger partial charge in [-0.25, -0.2) is 4.39 Å². The van der Waals surface area contributed by atoms with Gasteiger partial charge >= 0.3 is 0 Å². The predicted octanol–water partition coefficient (Wildman–Crippen LogP) is 2.21. The zero-order valence-corrected chi connectivity index (χ0v) is 11.5. The van der Waals surface area contributed by atoms with E-state index in [1.165, 1.54) is 12.1 Å². The normalized spacial score (nSPS) is 23.4. The lowest BCUT2D eigenvalue weighted by atomic mass is 10.2. The van der Waals surface area contributed by atoms with Crippen molar-refractivity contribution in [3.8, 4) is 0 Å². The minimum absolute atomic E-state index is 0.0181. The number of fused-ring (bicyclic) bond motifs is 1. The van der Waals surface area contributed by atoms with Gasteiger partial charge < -0.3 is 18.8 Å². The van der Waals surface area contributed by atoms with Crippen LogP contribution in [-0.2, 0) is 9.47 Å². The first-order valence-corrected chi connectivity index (χ1v) is 6.61. The third kappa shape index (κ3) is 2.62. The third-order valence-electron chi connectivity index (χ3n) is 3.29. The standard InChI is InChI=1S/C14H17FN2O3/c1-9-6-17(7-11(19-9)8-18-2)14-16-12-5-10(15)3-4-13(12)20-14/h3-5,9,11H,6-8H2,1-2H3. The van der Waals surface area contributed by atoms with Crippen LogP contribution >= 0.6 is 0 Å². The Hall–Kier alpha value is -1.66. The fourth-order valence-corrected chi connectivity index (χ4v) is 2.50. The van der Waals surface area contributed by atoms with Crippen LogP contribution in [0.5, 0.6) is 0 Å². The van der Waals surface area contributed by atoms with Gasteiger partial charge in [0.1, 0.15) is 11.3 Å². The van der Waals surface area contributed by atoms with Crippen LogP contribution in [0.3, 0.4) is 0 Å². The Morgan fingerprint density at radius 1 is 1.45 bits per heavy atom. The molecule has 6 heteroatoms. The van der Waals surface area contributed by atoms with E-state index in [9.17, 15) is 4.39 Å². The molecule has 2 aromatic rings. The maximum absolute atomic E-state index is 13.2. The summed E-state index contributed by atoms with van der Waals surface area (Å²) in [7, 11) is 1.65. The summed E-state index contributed by atoms with van der Waals surface area (Å²) < 4.78 is 29.8. The number of rotatable bonds is 3. The zero-order chi connectivity index (χ0) is 14.1. The van der Waals surface area contributed by atoms with Crippen LogP contribution in [0.1, 0.15) is 6.92 Å². The van der Waals surface area contributed by atoms with Gasteiger partial charge in [0.25, 0.3) is 6.01 Å². The molecular weight excluding hydrogens is 263 g/mol. The van der Waals surface area contributed by atoms with Gasteiger partial charge in [-0.2, -0.15) is 4.98 Å². The fourth-order valence-electron chi connectivity index (χ4n) is 2.50. The molecule has 2 unspecified atom stereocenters. The van der Waals surface area contributed by atoms with Crippen LogP contribution in [0.2, 0.25) is 0 Å². The molecule has 1 aromatic heterocycles. The third-order valence-corrected chi connectivity index (χ3v) is 3.29. The fraction of sp³-hybridized carbons (Fsp3) is 0.500. The summed E-state index contributed by atoms with van der Waals surface area (Å²) in [4.78, 5) is 6.36. The first-order valence-electron chi connectivity index (χ1n) is 6.61. The largest absolute Gasteiger partial charge is 0.423 e. The zero-order valence-electron chi connectivity index (χ0n) is 11.5. The number of anilines is 1. The van der Waals surface area contributed by atoms with Crippen LogP contribution in [0.4, 0.5) is 10.4 Å².